The lowest BCUT2D eigenvalue weighted by atomic mass is 10.2. The minimum absolute atomic E-state index is 0.306. The normalized spacial score (nSPS) is 10.4. The predicted molar refractivity (Wildman–Crippen MR) is 81.7 cm³/mol. The standard InChI is InChI=1S/C15H15Cl2NO2/c1-19-14-6-5-12(16)7-11(14)9-20-15-10(8-18)3-2-4-13(15)17/h2-7H,8-9,18H2,1H3. The van der Waals surface area contributed by atoms with Gasteiger partial charge in [0.2, 0.25) is 0 Å². The molecule has 5 heteroatoms. The molecule has 3 nitrogen and oxygen atoms in total. The average molecular weight is 312 g/mol. The Labute approximate surface area is 128 Å². The maximum atomic E-state index is 6.14. The first kappa shape index (κ1) is 15.0. The Morgan fingerprint density at radius 3 is 2.60 bits per heavy atom. The molecule has 0 bridgehead atoms. The Balaban J connectivity index is 2.23. The maximum absolute atomic E-state index is 6.14. The van der Waals surface area contributed by atoms with Crippen LogP contribution < -0.4 is 15.2 Å². The van der Waals surface area contributed by atoms with E-state index in [1.165, 1.54) is 0 Å². The monoisotopic (exact) mass is 311 g/mol. The molecule has 0 fully saturated rings. The molecule has 0 heterocycles. The lowest BCUT2D eigenvalue weighted by Gasteiger charge is -2.14. The van der Waals surface area contributed by atoms with Crippen LogP contribution >= 0.6 is 23.2 Å². The summed E-state index contributed by atoms with van der Waals surface area (Å²) >= 11 is 12.1. The molecule has 0 aliphatic heterocycles. The van der Waals surface area contributed by atoms with Gasteiger partial charge in [-0.15, -0.1) is 0 Å². The molecule has 2 rings (SSSR count). The highest BCUT2D eigenvalue weighted by Crippen LogP contribution is 2.31. The lowest BCUT2D eigenvalue weighted by Crippen LogP contribution is -2.04. The highest BCUT2D eigenvalue weighted by atomic mass is 35.5. The molecule has 0 saturated heterocycles. The van der Waals surface area contributed by atoms with Crippen molar-refractivity contribution < 1.29 is 9.47 Å². The molecule has 0 unspecified atom stereocenters. The average Bonchev–Trinajstić information content (AvgIpc) is 2.46. The molecule has 0 saturated carbocycles. The number of methoxy groups -OCH3 is 1. The summed E-state index contributed by atoms with van der Waals surface area (Å²) in [5.41, 5.74) is 7.39. The number of nitrogens with two attached hydrogens (primary N) is 1. The van der Waals surface area contributed by atoms with Crippen LogP contribution in [0.25, 0.3) is 0 Å². The minimum Gasteiger partial charge on any atom is -0.496 e. The van der Waals surface area contributed by atoms with Gasteiger partial charge in [0.25, 0.3) is 0 Å². The first-order chi connectivity index (χ1) is 9.65. The van der Waals surface area contributed by atoms with Crippen LogP contribution in [0.5, 0.6) is 11.5 Å². The summed E-state index contributed by atoms with van der Waals surface area (Å²) < 4.78 is 11.1. The number of para-hydroxylation sites is 1. The van der Waals surface area contributed by atoms with Crippen LogP contribution in [0.2, 0.25) is 10.0 Å². The molecule has 2 N–H and O–H groups in total. The van der Waals surface area contributed by atoms with Crippen LogP contribution in [0.1, 0.15) is 11.1 Å². The Hall–Kier alpha value is -1.42. The van der Waals surface area contributed by atoms with Gasteiger partial charge in [-0.05, 0) is 24.3 Å². The summed E-state index contributed by atoms with van der Waals surface area (Å²) in [7, 11) is 1.60. The zero-order valence-corrected chi connectivity index (χ0v) is 12.5. The van der Waals surface area contributed by atoms with Crippen molar-refractivity contribution in [2.24, 2.45) is 5.73 Å². The number of hydrogen-bond donors (Lipinski definition) is 1. The first-order valence-electron chi connectivity index (χ1n) is 6.08. The van der Waals surface area contributed by atoms with Gasteiger partial charge in [0.05, 0.1) is 12.1 Å². The van der Waals surface area contributed by atoms with Gasteiger partial charge >= 0.3 is 0 Å². The van der Waals surface area contributed by atoms with Crippen LogP contribution in [-0.2, 0) is 13.2 Å². The summed E-state index contributed by atoms with van der Waals surface area (Å²) in [4.78, 5) is 0. The molecule has 0 aliphatic carbocycles. The quantitative estimate of drug-likeness (QED) is 0.906. The van der Waals surface area contributed by atoms with Crippen LogP contribution in [0.15, 0.2) is 36.4 Å². The molecule has 0 aliphatic rings. The zero-order valence-electron chi connectivity index (χ0n) is 11.0. The first-order valence-corrected chi connectivity index (χ1v) is 6.84. The molecule has 0 spiro atoms. The van der Waals surface area contributed by atoms with Crippen molar-refractivity contribution in [3.63, 3.8) is 0 Å². The third kappa shape index (κ3) is 3.37. The van der Waals surface area contributed by atoms with Gasteiger partial charge in [0.1, 0.15) is 18.1 Å². The Bertz CT molecular complexity index is 602. The molecular weight excluding hydrogens is 297 g/mol. The van der Waals surface area contributed by atoms with Gasteiger partial charge in [0, 0.05) is 22.7 Å². The van der Waals surface area contributed by atoms with E-state index in [2.05, 4.69) is 0 Å². The van der Waals surface area contributed by atoms with Crippen molar-refractivity contribution >= 4 is 23.2 Å². The van der Waals surface area contributed by atoms with Gasteiger partial charge in [-0.2, -0.15) is 0 Å². The summed E-state index contributed by atoms with van der Waals surface area (Å²) in [5, 5.41) is 1.16. The number of halogens is 2. The van der Waals surface area contributed by atoms with E-state index >= 15 is 0 Å². The SMILES string of the molecule is COc1ccc(Cl)cc1COc1c(Cl)cccc1CN. The van der Waals surface area contributed by atoms with Crippen molar-refractivity contribution in [2.75, 3.05) is 7.11 Å². The lowest BCUT2D eigenvalue weighted by molar-refractivity contribution is 0.294. The summed E-state index contributed by atoms with van der Waals surface area (Å²) in [6.45, 7) is 0.670. The molecule has 0 radical (unpaired) electrons. The van der Waals surface area contributed by atoms with Crippen LogP contribution in [-0.4, -0.2) is 7.11 Å². The number of rotatable bonds is 5. The predicted octanol–water partition coefficient (Wildman–Crippen LogP) is 4.04. The summed E-state index contributed by atoms with van der Waals surface area (Å²) in [6, 6.07) is 10.9. The topological polar surface area (TPSA) is 44.5 Å². The highest BCUT2D eigenvalue weighted by molar-refractivity contribution is 6.32. The highest BCUT2D eigenvalue weighted by Gasteiger charge is 2.10. The molecule has 2 aromatic rings. The van der Waals surface area contributed by atoms with E-state index in [4.69, 9.17) is 38.4 Å². The summed E-state index contributed by atoms with van der Waals surface area (Å²) in [6.07, 6.45) is 0. The van der Waals surface area contributed by atoms with Crippen molar-refractivity contribution in [1.82, 2.24) is 0 Å². The largest absolute Gasteiger partial charge is 0.496 e. The van der Waals surface area contributed by atoms with Gasteiger partial charge < -0.3 is 15.2 Å². The molecule has 2 aromatic carbocycles. The van der Waals surface area contributed by atoms with E-state index in [0.717, 1.165) is 16.9 Å². The van der Waals surface area contributed by atoms with Crippen LogP contribution in [0.4, 0.5) is 0 Å². The van der Waals surface area contributed by atoms with Crippen molar-refractivity contribution in [3.8, 4) is 11.5 Å². The summed E-state index contributed by atoms with van der Waals surface area (Å²) in [5.74, 6) is 1.31. The zero-order chi connectivity index (χ0) is 14.5. The van der Waals surface area contributed by atoms with Gasteiger partial charge in [-0.3, -0.25) is 0 Å². The molecule has 106 valence electrons. The second-order valence-electron chi connectivity index (χ2n) is 4.18. The second kappa shape index (κ2) is 6.84. The molecule has 0 atom stereocenters. The van der Waals surface area contributed by atoms with Crippen molar-refractivity contribution in [2.45, 2.75) is 13.2 Å². The fourth-order valence-electron chi connectivity index (χ4n) is 1.89. The van der Waals surface area contributed by atoms with E-state index in [-0.39, 0.29) is 0 Å². The molecular formula is C15H15Cl2NO2. The fraction of sp³-hybridized carbons (Fsp3) is 0.200. The van der Waals surface area contributed by atoms with Gasteiger partial charge in [-0.1, -0.05) is 35.3 Å². The second-order valence-corrected chi connectivity index (χ2v) is 5.02. The Kier molecular flexibility index (Phi) is 5.12. The van der Waals surface area contributed by atoms with Gasteiger partial charge in [-0.25, -0.2) is 0 Å². The molecule has 0 aromatic heterocycles. The van der Waals surface area contributed by atoms with E-state index in [9.17, 15) is 0 Å². The smallest absolute Gasteiger partial charge is 0.142 e. The van der Waals surface area contributed by atoms with Crippen molar-refractivity contribution in [3.05, 3.63) is 57.6 Å². The van der Waals surface area contributed by atoms with E-state index in [1.807, 2.05) is 12.1 Å². The van der Waals surface area contributed by atoms with E-state index in [1.54, 1.807) is 31.4 Å². The van der Waals surface area contributed by atoms with E-state index in [0.29, 0.717) is 28.9 Å². The third-order valence-corrected chi connectivity index (χ3v) is 3.42. The van der Waals surface area contributed by atoms with Crippen LogP contribution in [0, 0.1) is 0 Å². The molecule has 20 heavy (non-hydrogen) atoms. The minimum atomic E-state index is 0.306. The molecule has 0 amide bonds. The number of benzene rings is 2. The number of ether oxygens (including phenoxy) is 2. The maximum Gasteiger partial charge on any atom is 0.142 e. The Morgan fingerprint density at radius 1 is 1.10 bits per heavy atom. The third-order valence-electron chi connectivity index (χ3n) is 2.88. The van der Waals surface area contributed by atoms with Crippen molar-refractivity contribution in [1.29, 1.82) is 0 Å². The fourth-order valence-corrected chi connectivity index (χ4v) is 2.33. The van der Waals surface area contributed by atoms with Crippen LogP contribution in [0.3, 0.4) is 0 Å². The van der Waals surface area contributed by atoms with Gasteiger partial charge in [0.15, 0.2) is 0 Å². The number of hydrogen-bond acceptors (Lipinski definition) is 3. The van der Waals surface area contributed by atoms with E-state index < -0.39 is 0 Å². The Morgan fingerprint density at radius 2 is 1.90 bits per heavy atom.